The molecule has 0 saturated carbocycles. The highest BCUT2D eigenvalue weighted by Gasteiger charge is 2.41. The highest BCUT2D eigenvalue weighted by Crippen LogP contribution is 2.30. The van der Waals surface area contributed by atoms with E-state index in [4.69, 9.17) is 0 Å². The van der Waals surface area contributed by atoms with Gasteiger partial charge in [0.1, 0.15) is 0 Å². The van der Waals surface area contributed by atoms with Crippen LogP contribution in [0.1, 0.15) is 39.0 Å². The van der Waals surface area contributed by atoms with Gasteiger partial charge in [-0.3, -0.25) is 14.6 Å². The van der Waals surface area contributed by atoms with Gasteiger partial charge in [0.25, 0.3) is 0 Å². The van der Waals surface area contributed by atoms with E-state index in [0.29, 0.717) is 44.6 Å². The lowest BCUT2D eigenvalue weighted by Crippen LogP contribution is -2.61. The zero-order valence-corrected chi connectivity index (χ0v) is 14.3. The predicted octanol–water partition coefficient (Wildman–Crippen LogP) is -0.109. The first-order chi connectivity index (χ1) is 11.0. The number of hydrogen-bond donors (Lipinski definition) is 2. The summed E-state index contributed by atoms with van der Waals surface area (Å²) >= 11 is 0. The van der Waals surface area contributed by atoms with Gasteiger partial charge in [0.2, 0.25) is 5.91 Å². The highest BCUT2D eigenvalue weighted by atomic mass is 16.3. The molecule has 0 spiro atoms. The van der Waals surface area contributed by atoms with Gasteiger partial charge in [-0.2, -0.15) is 0 Å². The number of piperazine rings is 1. The molecule has 2 N–H and O–H groups in total. The van der Waals surface area contributed by atoms with E-state index >= 15 is 0 Å². The lowest BCUT2D eigenvalue weighted by molar-refractivity contribution is -0.134. The first-order valence-corrected chi connectivity index (χ1v) is 9.07. The highest BCUT2D eigenvalue weighted by molar-refractivity contribution is 5.73. The van der Waals surface area contributed by atoms with E-state index in [1.165, 1.54) is 19.4 Å². The molecule has 3 heterocycles. The van der Waals surface area contributed by atoms with Crippen LogP contribution in [-0.4, -0.2) is 94.4 Å². The minimum absolute atomic E-state index is 0.102. The van der Waals surface area contributed by atoms with Gasteiger partial charge in [-0.05, 0) is 38.6 Å². The van der Waals surface area contributed by atoms with Crippen LogP contribution < -0.4 is 0 Å². The molecule has 0 aromatic rings. The molecule has 0 aromatic carbocycles. The second kappa shape index (κ2) is 7.05. The number of rotatable bonds is 4. The molecule has 0 aromatic heterocycles. The summed E-state index contributed by atoms with van der Waals surface area (Å²) in [4.78, 5) is 18.3. The zero-order chi connectivity index (χ0) is 16.4. The second-order valence-corrected chi connectivity index (χ2v) is 7.62. The number of aliphatic hydroxyl groups excluding tert-OH is 1. The van der Waals surface area contributed by atoms with Crippen molar-refractivity contribution in [1.82, 2.24) is 14.7 Å². The van der Waals surface area contributed by atoms with Gasteiger partial charge in [-0.25, -0.2) is 0 Å². The van der Waals surface area contributed by atoms with E-state index in [1.807, 2.05) is 4.90 Å². The van der Waals surface area contributed by atoms with Crippen molar-refractivity contribution in [3.63, 3.8) is 0 Å². The largest absolute Gasteiger partial charge is 0.396 e. The molecule has 132 valence electrons. The maximum absolute atomic E-state index is 11.5. The Morgan fingerprint density at radius 2 is 1.96 bits per heavy atom. The van der Waals surface area contributed by atoms with Crippen LogP contribution in [-0.2, 0) is 4.79 Å². The van der Waals surface area contributed by atoms with E-state index in [-0.39, 0.29) is 12.5 Å². The summed E-state index contributed by atoms with van der Waals surface area (Å²) < 4.78 is 0. The van der Waals surface area contributed by atoms with Crippen LogP contribution in [0.15, 0.2) is 0 Å². The van der Waals surface area contributed by atoms with Crippen molar-refractivity contribution >= 4 is 5.91 Å². The Morgan fingerprint density at radius 1 is 1.22 bits per heavy atom. The monoisotopic (exact) mass is 325 g/mol. The van der Waals surface area contributed by atoms with E-state index in [9.17, 15) is 15.0 Å². The maximum Gasteiger partial charge on any atom is 0.219 e. The van der Waals surface area contributed by atoms with Crippen LogP contribution in [0.5, 0.6) is 0 Å². The Labute approximate surface area is 139 Å². The molecule has 0 bridgehead atoms. The van der Waals surface area contributed by atoms with Crippen molar-refractivity contribution < 1.29 is 15.0 Å². The molecule has 1 unspecified atom stereocenters. The molecule has 3 aliphatic rings. The summed E-state index contributed by atoms with van der Waals surface area (Å²) in [6.07, 6.45) is 4.60. The van der Waals surface area contributed by atoms with Crippen molar-refractivity contribution in [3.05, 3.63) is 0 Å². The number of likely N-dealkylation sites (tertiary alicyclic amines) is 1. The van der Waals surface area contributed by atoms with Gasteiger partial charge in [0.15, 0.2) is 0 Å². The Bertz CT molecular complexity index is 423. The molecule has 3 rings (SSSR count). The Hall–Kier alpha value is -0.690. The normalized spacial score (nSPS) is 32.0. The fourth-order valence-corrected chi connectivity index (χ4v) is 4.54. The van der Waals surface area contributed by atoms with Crippen LogP contribution in [0.3, 0.4) is 0 Å². The third kappa shape index (κ3) is 3.87. The summed E-state index contributed by atoms with van der Waals surface area (Å²) in [6.45, 7) is 6.98. The van der Waals surface area contributed by atoms with Crippen LogP contribution in [0, 0.1) is 0 Å². The Balaban J connectivity index is 1.61. The lowest BCUT2D eigenvalue weighted by Gasteiger charge is -2.48. The van der Waals surface area contributed by atoms with E-state index in [2.05, 4.69) is 9.80 Å². The Kier molecular flexibility index (Phi) is 5.26. The number of fused-ring (bicyclic) bond motifs is 1. The van der Waals surface area contributed by atoms with Crippen LogP contribution >= 0.6 is 0 Å². The SMILES string of the molecule is CC(=O)N1CCC(O)(CN2CC3CCCN3C[C@@H]2CCO)CC1. The first-order valence-electron chi connectivity index (χ1n) is 9.07. The maximum atomic E-state index is 11.5. The molecule has 6 heteroatoms. The fourth-order valence-electron chi connectivity index (χ4n) is 4.54. The number of carbonyl (C=O) groups excluding carboxylic acids is 1. The smallest absolute Gasteiger partial charge is 0.219 e. The average Bonchev–Trinajstić information content (AvgIpc) is 2.95. The molecule has 0 aliphatic carbocycles. The lowest BCUT2D eigenvalue weighted by atomic mass is 9.89. The quantitative estimate of drug-likeness (QED) is 0.755. The summed E-state index contributed by atoms with van der Waals surface area (Å²) in [7, 11) is 0. The molecule has 6 nitrogen and oxygen atoms in total. The molecule has 3 fully saturated rings. The van der Waals surface area contributed by atoms with Gasteiger partial charge in [0, 0.05) is 58.3 Å². The van der Waals surface area contributed by atoms with E-state index in [0.717, 1.165) is 19.5 Å². The van der Waals surface area contributed by atoms with Gasteiger partial charge < -0.3 is 15.1 Å². The van der Waals surface area contributed by atoms with Crippen LogP contribution in [0.4, 0.5) is 0 Å². The van der Waals surface area contributed by atoms with Crippen molar-refractivity contribution in [2.24, 2.45) is 0 Å². The molecule has 0 radical (unpaired) electrons. The minimum atomic E-state index is -0.694. The van der Waals surface area contributed by atoms with Crippen molar-refractivity contribution in [2.75, 3.05) is 45.9 Å². The first kappa shape index (κ1) is 17.1. The topological polar surface area (TPSA) is 67.3 Å². The number of aliphatic hydroxyl groups is 2. The molecule has 3 aliphatic heterocycles. The number of amides is 1. The van der Waals surface area contributed by atoms with Crippen LogP contribution in [0.2, 0.25) is 0 Å². The molecule has 23 heavy (non-hydrogen) atoms. The van der Waals surface area contributed by atoms with Crippen molar-refractivity contribution in [2.45, 2.75) is 56.7 Å². The molecular weight excluding hydrogens is 294 g/mol. The summed E-state index contributed by atoms with van der Waals surface area (Å²) in [6, 6.07) is 0.954. The van der Waals surface area contributed by atoms with Gasteiger partial charge in [-0.1, -0.05) is 0 Å². The molecule has 1 amide bonds. The number of nitrogens with zero attached hydrogens (tertiary/aromatic N) is 3. The summed E-state index contributed by atoms with van der Waals surface area (Å²) in [5.74, 6) is 0.102. The number of carbonyl (C=O) groups is 1. The summed E-state index contributed by atoms with van der Waals surface area (Å²) in [5.41, 5.74) is -0.694. The predicted molar refractivity (Wildman–Crippen MR) is 88.1 cm³/mol. The standard InChI is InChI=1S/C17H31N3O3/c1-14(22)18-8-5-17(23,6-9-18)13-20-12-15-3-2-7-19(15)11-16(20)4-10-21/h15-16,21,23H,2-13H2,1H3/t15?,16-/m0/s1. The number of piperidine rings is 1. The molecular formula is C17H31N3O3. The van der Waals surface area contributed by atoms with Gasteiger partial charge in [0.05, 0.1) is 5.60 Å². The third-order valence-electron chi connectivity index (χ3n) is 6.01. The minimum Gasteiger partial charge on any atom is -0.396 e. The number of β-amino-alcohol motifs (C(OH)–C–C–N with tert-alkyl or cyclic N) is 1. The third-order valence-corrected chi connectivity index (χ3v) is 6.01. The molecule has 2 atom stereocenters. The zero-order valence-electron chi connectivity index (χ0n) is 14.3. The summed E-state index contributed by atoms with van der Waals surface area (Å²) in [5, 5.41) is 20.4. The second-order valence-electron chi connectivity index (χ2n) is 7.62. The van der Waals surface area contributed by atoms with Gasteiger partial charge >= 0.3 is 0 Å². The van der Waals surface area contributed by atoms with Gasteiger partial charge in [-0.15, -0.1) is 0 Å². The van der Waals surface area contributed by atoms with E-state index < -0.39 is 5.60 Å². The average molecular weight is 325 g/mol. The Morgan fingerprint density at radius 3 is 2.61 bits per heavy atom. The van der Waals surface area contributed by atoms with Crippen molar-refractivity contribution in [1.29, 1.82) is 0 Å². The fraction of sp³-hybridized carbons (Fsp3) is 0.941. The van der Waals surface area contributed by atoms with Crippen molar-refractivity contribution in [3.8, 4) is 0 Å². The van der Waals surface area contributed by atoms with Crippen LogP contribution in [0.25, 0.3) is 0 Å². The number of hydrogen-bond acceptors (Lipinski definition) is 5. The van der Waals surface area contributed by atoms with E-state index in [1.54, 1.807) is 6.92 Å². The molecule has 3 saturated heterocycles.